The van der Waals surface area contributed by atoms with Gasteiger partial charge in [0.2, 0.25) is 0 Å². The van der Waals surface area contributed by atoms with E-state index in [-0.39, 0.29) is 0 Å². The Morgan fingerprint density at radius 3 is 2.90 bits per heavy atom. The van der Waals surface area contributed by atoms with E-state index in [0.717, 1.165) is 29.6 Å². The minimum atomic E-state index is -1.23. The second-order valence-corrected chi connectivity index (χ2v) is 5.11. The first-order valence-corrected chi connectivity index (χ1v) is 6.81. The Balaban J connectivity index is 1.80. The lowest BCUT2D eigenvalue weighted by atomic mass is 10.0. The molecule has 1 aromatic heterocycles. The molecule has 1 aliphatic heterocycles. The molecule has 1 N–H and O–H groups in total. The van der Waals surface area contributed by atoms with Gasteiger partial charge >= 0.3 is 0 Å². The van der Waals surface area contributed by atoms with Gasteiger partial charge in [-0.05, 0) is 24.1 Å². The average Bonchev–Trinajstić information content (AvgIpc) is 3.12. The SMILES string of the molecule is FC(c1cc2ccccc2o1)c1cccc2c1NCC2. The van der Waals surface area contributed by atoms with Gasteiger partial charge in [0, 0.05) is 23.2 Å². The van der Waals surface area contributed by atoms with Gasteiger partial charge in [-0.3, -0.25) is 0 Å². The van der Waals surface area contributed by atoms with Crippen molar-refractivity contribution in [3.8, 4) is 0 Å². The Bertz CT molecular complexity index is 745. The predicted molar refractivity (Wildman–Crippen MR) is 77.8 cm³/mol. The van der Waals surface area contributed by atoms with Gasteiger partial charge in [-0.2, -0.15) is 0 Å². The number of halogens is 1. The summed E-state index contributed by atoms with van der Waals surface area (Å²) in [5.41, 5.74) is 3.51. The molecule has 20 heavy (non-hydrogen) atoms. The maximum Gasteiger partial charge on any atom is 0.185 e. The fourth-order valence-electron chi connectivity index (χ4n) is 2.86. The van der Waals surface area contributed by atoms with E-state index in [1.54, 1.807) is 6.07 Å². The number of para-hydroxylation sites is 2. The van der Waals surface area contributed by atoms with Crippen LogP contribution >= 0.6 is 0 Å². The molecule has 2 nitrogen and oxygen atoms in total. The molecule has 0 aliphatic carbocycles. The van der Waals surface area contributed by atoms with Crippen molar-refractivity contribution in [3.63, 3.8) is 0 Å². The quantitative estimate of drug-likeness (QED) is 0.741. The summed E-state index contributed by atoms with van der Waals surface area (Å²) in [7, 11) is 0. The third-order valence-corrected chi connectivity index (χ3v) is 3.85. The van der Waals surface area contributed by atoms with Crippen LogP contribution < -0.4 is 5.32 Å². The highest BCUT2D eigenvalue weighted by atomic mass is 19.1. The van der Waals surface area contributed by atoms with Gasteiger partial charge in [0.1, 0.15) is 11.3 Å². The van der Waals surface area contributed by atoms with Gasteiger partial charge in [0.25, 0.3) is 0 Å². The molecule has 3 aromatic rings. The van der Waals surface area contributed by atoms with Crippen LogP contribution in [0.1, 0.15) is 23.1 Å². The van der Waals surface area contributed by atoms with Crippen molar-refractivity contribution in [2.24, 2.45) is 0 Å². The number of furan rings is 1. The zero-order chi connectivity index (χ0) is 13.5. The topological polar surface area (TPSA) is 25.2 Å². The van der Waals surface area contributed by atoms with Crippen molar-refractivity contribution in [3.05, 3.63) is 65.4 Å². The molecule has 0 bridgehead atoms. The zero-order valence-electron chi connectivity index (χ0n) is 10.9. The molecule has 0 fully saturated rings. The summed E-state index contributed by atoms with van der Waals surface area (Å²) in [5.74, 6) is 0.369. The van der Waals surface area contributed by atoms with Crippen molar-refractivity contribution in [2.45, 2.75) is 12.6 Å². The molecule has 3 heteroatoms. The molecular formula is C17H14FNO. The monoisotopic (exact) mass is 267 g/mol. The number of nitrogens with one attached hydrogen (secondary N) is 1. The van der Waals surface area contributed by atoms with E-state index in [0.29, 0.717) is 11.3 Å². The number of fused-ring (bicyclic) bond motifs is 2. The van der Waals surface area contributed by atoms with Crippen molar-refractivity contribution in [2.75, 3.05) is 11.9 Å². The lowest BCUT2D eigenvalue weighted by Gasteiger charge is -2.11. The van der Waals surface area contributed by atoms with Gasteiger partial charge in [0.15, 0.2) is 6.17 Å². The fraction of sp³-hybridized carbons (Fsp3) is 0.176. The molecule has 0 spiro atoms. The van der Waals surface area contributed by atoms with Crippen LogP contribution in [0.2, 0.25) is 0 Å². The summed E-state index contributed by atoms with van der Waals surface area (Å²) in [6, 6.07) is 15.2. The van der Waals surface area contributed by atoms with Crippen molar-refractivity contribution in [1.82, 2.24) is 0 Å². The van der Waals surface area contributed by atoms with Crippen molar-refractivity contribution >= 4 is 16.7 Å². The van der Waals surface area contributed by atoms with Crippen LogP contribution in [0, 0.1) is 0 Å². The Morgan fingerprint density at radius 1 is 1.10 bits per heavy atom. The first kappa shape index (κ1) is 11.5. The van der Waals surface area contributed by atoms with Crippen LogP contribution in [-0.2, 0) is 6.42 Å². The molecule has 0 saturated carbocycles. The van der Waals surface area contributed by atoms with Crippen LogP contribution in [0.5, 0.6) is 0 Å². The first-order valence-electron chi connectivity index (χ1n) is 6.81. The minimum absolute atomic E-state index is 0.369. The third kappa shape index (κ3) is 1.70. The Labute approximate surface area is 116 Å². The lowest BCUT2D eigenvalue weighted by molar-refractivity contribution is 0.341. The maximum atomic E-state index is 14.8. The summed E-state index contributed by atoms with van der Waals surface area (Å²) in [5, 5.41) is 4.21. The molecule has 0 saturated heterocycles. The smallest absolute Gasteiger partial charge is 0.185 e. The maximum absolute atomic E-state index is 14.8. The molecule has 1 atom stereocenters. The van der Waals surface area contributed by atoms with E-state index in [9.17, 15) is 4.39 Å². The zero-order valence-corrected chi connectivity index (χ0v) is 10.9. The normalized spacial score (nSPS) is 15.1. The van der Waals surface area contributed by atoms with Crippen LogP contribution in [0.15, 0.2) is 52.9 Å². The minimum Gasteiger partial charge on any atom is -0.458 e. The number of rotatable bonds is 2. The molecule has 0 amide bonds. The number of hydrogen-bond donors (Lipinski definition) is 1. The molecule has 4 rings (SSSR count). The molecule has 2 heterocycles. The van der Waals surface area contributed by atoms with Crippen molar-refractivity contribution < 1.29 is 8.81 Å². The number of alkyl halides is 1. The largest absolute Gasteiger partial charge is 0.458 e. The van der Waals surface area contributed by atoms with E-state index in [2.05, 4.69) is 5.32 Å². The van der Waals surface area contributed by atoms with Crippen LogP contribution in [0.3, 0.4) is 0 Å². The van der Waals surface area contributed by atoms with Gasteiger partial charge in [-0.1, -0.05) is 36.4 Å². The number of anilines is 1. The van der Waals surface area contributed by atoms with Gasteiger partial charge in [0.05, 0.1) is 0 Å². The molecular weight excluding hydrogens is 253 g/mol. The van der Waals surface area contributed by atoms with E-state index in [1.807, 2.05) is 42.5 Å². The van der Waals surface area contributed by atoms with E-state index < -0.39 is 6.17 Å². The molecule has 0 radical (unpaired) electrons. The summed E-state index contributed by atoms with van der Waals surface area (Å²) in [4.78, 5) is 0. The Morgan fingerprint density at radius 2 is 2.00 bits per heavy atom. The Kier molecular flexibility index (Phi) is 2.52. The summed E-state index contributed by atoms with van der Waals surface area (Å²) in [6.45, 7) is 0.874. The molecule has 100 valence electrons. The standard InChI is InChI=1S/C17H14FNO/c18-16(13-6-3-5-11-8-9-19-17(11)13)15-10-12-4-1-2-7-14(12)20-15/h1-7,10,16,19H,8-9H2. The fourth-order valence-corrected chi connectivity index (χ4v) is 2.86. The highest BCUT2D eigenvalue weighted by molar-refractivity contribution is 5.78. The summed E-state index contributed by atoms with van der Waals surface area (Å²) >= 11 is 0. The summed E-state index contributed by atoms with van der Waals surface area (Å²) < 4.78 is 20.5. The molecule has 1 aliphatic rings. The average molecular weight is 267 g/mol. The predicted octanol–water partition coefficient (Wildman–Crippen LogP) is 4.46. The first-order chi connectivity index (χ1) is 9.83. The molecule has 1 unspecified atom stereocenters. The second-order valence-electron chi connectivity index (χ2n) is 5.11. The summed E-state index contributed by atoms with van der Waals surface area (Å²) in [6.07, 6.45) is -0.279. The van der Waals surface area contributed by atoms with E-state index in [1.165, 1.54) is 5.56 Å². The van der Waals surface area contributed by atoms with Crippen molar-refractivity contribution in [1.29, 1.82) is 0 Å². The molecule has 2 aromatic carbocycles. The number of hydrogen-bond acceptors (Lipinski definition) is 2. The van der Waals surface area contributed by atoms with E-state index in [4.69, 9.17) is 4.42 Å². The van der Waals surface area contributed by atoms with E-state index >= 15 is 0 Å². The van der Waals surface area contributed by atoms with Gasteiger partial charge in [-0.15, -0.1) is 0 Å². The highest BCUT2D eigenvalue weighted by Crippen LogP contribution is 2.37. The van der Waals surface area contributed by atoms with Gasteiger partial charge in [-0.25, -0.2) is 4.39 Å². The second kappa shape index (κ2) is 4.37. The van der Waals surface area contributed by atoms with Crippen LogP contribution in [0.25, 0.3) is 11.0 Å². The lowest BCUT2D eigenvalue weighted by Crippen LogP contribution is -1.99. The number of benzene rings is 2. The van der Waals surface area contributed by atoms with Crippen LogP contribution in [0.4, 0.5) is 10.1 Å². The highest BCUT2D eigenvalue weighted by Gasteiger charge is 2.24. The Hall–Kier alpha value is -2.29. The van der Waals surface area contributed by atoms with Crippen LogP contribution in [-0.4, -0.2) is 6.54 Å². The third-order valence-electron chi connectivity index (χ3n) is 3.85. The van der Waals surface area contributed by atoms with Gasteiger partial charge < -0.3 is 9.73 Å².